The Bertz CT molecular complexity index is 469. The van der Waals surface area contributed by atoms with Crippen LogP contribution in [0.15, 0.2) is 18.2 Å². The van der Waals surface area contributed by atoms with E-state index in [-0.39, 0.29) is 11.6 Å². The van der Waals surface area contributed by atoms with Crippen molar-refractivity contribution >= 4 is 11.1 Å². The van der Waals surface area contributed by atoms with Crippen LogP contribution < -0.4 is 0 Å². The molecule has 2 rings (SSSR count). The summed E-state index contributed by atoms with van der Waals surface area (Å²) in [6.45, 7) is 2.24. The minimum absolute atomic E-state index is 0.268. The molecular weight excluding hydrogens is 260 g/mol. The van der Waals surface area contributed by atoms with E-state index in [1.54, 1.807) is 11.8 Å². The van der Waals surface area contributed by atoms with Crippen LogP contribution in [0.2, 0.25) is 0 Å². The molecule has 1 saturated heterocycles. The highest BCUT2D eigenvalue weighted by Gasteiger charge is 2.33. The Morgan fingerprint density at radius 2 is 2.22 bits per heavy atom. The molecule has 1 aliphatic heterocycles. The van der Waals surface area contributed by atoms with Crippen LogP contribution in [0.5, 0.6) is 0 Å². The average molecular weight is 275 g/mol. The molecule has 1 N–H and O–H groups in total. The Morgan fingerprint density at radius 1 is 1.50 bits per heavy atom. The normalized spacial score (nSPS) is 24.1. The molecule has 1 fully saturated rings. The van der Waals surface area contributed by atoms with E-state index in [4.69, 9.17) is 4.55 Å². The molecule has 1 aromatic carbocycles. The van der Waals surface area contributed by atoms with Gasteiger partial charge in [0, 0.05) is 18.2 Å². The van der Waals surface area contributed by atoms with E-state index in [9.17, 15) is 13.0 Å². The summed E-state index contributed by atoms with van der Waals surface area (Å²) in [5.74, 6) is -0.958. The first-order valence-corrected chi connectivity index (χ1v) is 6.98. The van der Waals surface area contributed by atoms with Crippen molar-refractivity contribution in [1.82, 2.24) is 4.90 Å². The highest BCUT2D eigenvalue weighted by atomic mass is 32.2. The summed E-state index contributed by atoms with van der Waals surface area (Å²) >= 11 is -2.00. The third-order valence-electron chi connectivity index (χ3n) is 3.37. The van der Waals surface area contributed by atoms with Gasteiger partial charge in [0.05, 0.1) is 0 Å². The predicted octanol–water partition coefficient (Wildman–Crippen LogP) is 2.67. The molecule has 0 aromatic heterocycles. The quantitative estimate of drug-likeness (QED) is 0.862. The van der Waals surface area contributed by atoms with Gasteiger partial charge >= 0.3 is 0 Å². The van der Waals surface area contributed by atoms with Crippen LogP contribution in [-0.4, -0.2) is 25.6 Å². The van der Waals surface area contributed by atoms with E-state index < -0.39 is 28.1 Å². The van der Waals surface area contributed by atoms with Crippen molar-refractivity contribution in [3.63, 3.8) is 0 Å². The molecule has 1 aliphatic rings. The first kappa shape index (κ1) is 13.6. The van der Waals surface area contributed by atoms with Gasteiger partial charge < -0.3 is 4.55 Å². The van der Waals surface area contributed by atoms with Gasteiger partial charge in [-0.05, 0) is 38.0 Å². The molecule has 1 aromatic rings. The molecule has 0 aliphatic carbocycles. The molecule has 2 unspecified atom stereocenters. The van der Waals surface area contributed by atoms with E-state index in [0.29, 0.717) is 13.0 Å². The molecule has 1 heterocycles. The molecule has 0 spiro atoms. The van der Waals surface area contributed by atoms with Gasteiger partial charge in [0.2, 0.25) is 0 Å². The van der Waals surface area contributed by atoms with Crippen molar-refractivity contribution < 1.29 is 17.5 Å². The molecule has 6 heteroatoms. The van der Waals surface area contributed by atoms with Gasteiger partial charge in [-0.1, -0.05) is 0 Å². The van der Waals surface area contributed by atoms with Crippen molar-refractivity contribution in [2.24, 2.45) is 0 Å². The predicted molar refractivity (Wildman–Crippen MR) is 65.3 cm³/mol. The Kier molecular flexibility index (Phi) is 4.09. The molecule has 0 saturated carbocycles. The van der Waals surface area contributed by atoms with E-state index in [1.807, 2.05) is 0 Å². The smallest absolute Gasteiger partial charge is 0.170 e. The molecule has 3 nitrogen and oxygen atoms in total. The summed E-state index contributed by atoms with van der Waals surface area (Å²) in [6.07, 6.45) is 1.48. The first-order chi connectivity index (χ1) is 8.50. The lowest BCUT2D eigenvalue weighted by Gasteiger charge is -2.28. The lowest BCUT2D eigenvalue weighted by Crippen LogP contribution is -2.35. The first-order valence-electron chi connectivity index (χ1n) is 5.81. The molecule has 0 amide bonds. The molecule has 0 radical (unpaired) electrons. The van der Waals surface area contributed by atoms with Crippen molar-refractivity contribution in [2.45, 2.75) is 31.2 Å². The topological polar surface area (TPSA) is 40.5 Å². The van der Waals surface area contributed by atoms with Crippen LogP contribution in [0.25, 0.3) is 0 Å². The lowest BCUT2D eigenvalue weighted by molar-refractivity contribution is 0.234. The van der Waals surface area contributed by atoms with Crippen molar-refractivity contribution in [3.05, 3.63) is 35.4 Å². The average Bonchev–Trinajstić information content (AvgIpc) is 2.80. The van der Waals surface area contributed by atoms with Gasteiger partial charge in [-0.25, -0.2) is 13.0 Å². The maximum atomic E-state index is 13.7. The number of benzene rings is 1. The van der Waals surface area contributed by atoms with E-state index in [1.165, 1.54) is 6.07 Å². The van der Waals surface area contributed by atoms with Crippen LogP contribution in [0.4, 0.5) is 8.78 Å². The minimum Gasteiger partial charge on any atom is -0.305 e. The van der Waals surface area contributed by atoms with Gasteiger partial charge in [-0.2, -0.15) is 0 Å². The summed E-state index contributed by atoms with van der Waals surface area (Å²) in [5, 5.41) is -0.583. The third-order valence-corrected chi connectivity index (χ3v) is 4.22. The molecule has 3 atom stereocenters. The number of hydrogen-bond acceptors (Lipinski definition) is 2. The van der Waals surface area contributed by atoms with Gasteiger partial charge in [-0.3, -0.25) is 4.90 Å². The summed E-state index contributed by atoms with van der Waals surface area (Å²) in [5.41, 5.74) is 0.268. The number of nitrogens with zero attached hydrogens (tertiary/aromatic N) is 1. The number of halogens is 2. The molecular formula is C12H15F2NO2S. The van der Waals surface area contributed by atoms with Gasteiger partial charge in [0.15, 0.2) is 11.1 Å². The fourth-order valence-electron chi connectivity index (χ4n) is 2.44. The maximum absolute atomic E-state index is 13.7. The van der Waals surface area contributed by atoms with Crippen LogP contribution in [0.1, 0.15) is 31.4 Å². The number of hydrogen-bond donors (Lipinski definition) is 1. The van der Waals surface area contributed by atoms with Crippen LogP contribution in [0.3, 0.4) is 0 Å². The van der Waals surface area contributed by atoms with E-state index in [2.05, 4.69) is 0 Å². The minimum atomic E-state index is -2.00. The zero-order valence-corrected chi connectivity index (χ0v) is 10.8. The monoisotopic (exact) mass is 275 g/mol. The summed E-state index contributed by atoms with van der Waals surface area (Å²) in [4.78, 5) is 1.76. The van der Waals surface area contributed by atoms with Crippen LogP contribution in [0, 0.1) is 11.6 Å². The Hall–Kier alpha value is -0.850. The second-order valence-corrected chi connectivity index (χ2v) is 5.67. The molecule has 100 valence electrons. The number of likely N-dealkylation sites (tertiary alicyclic amines) is 1. The highest BCUT2D eigenvalue weighted by molar-refractivity contribution is 7.79. The van der Waals surface area contributed by atoms with Crippen molar-refractivity contribution in [1.29, 1.82) is 0 Å². The molecule has 18 heavy (non-hydrogen) atoms. The Morgan fingerprint density at radius 3 is 2.89 bits per heavy atom. The zero-order chi connectivity index (χ0) is 13.3. The number of rotatable bonds is 3. The lowest BCUT2D eigenvalue weighted by atomic mass is 10.0. The van der Waals surface area contributed by atoms with Gasteiger partial charge in [-0.15, -0.1) is 0 Å². The summed E-state index contributed by atoms with van der Waals surface area (Å²) in [7, 11) is 0. The SMILES string of the molecule is CC(N1CCC[C@@H]1c1cc(F)ccc1F)S(=O)O. The third kappa shape index (κ3) is 2.60. The zero-order valence-electron chi connectivity index (χ0n) is 9.97. The second kappa shape index (κ2) is 5.42. The van der Waals surface area contributed by atoms with Gasteiger partial charge in [0.1, 0.15) is 17.0 Å². The standard InChI is InChI=1S/C12H15F2NO2S/c1-8(18(16)17)15-6-2-3-12(15)10-7-9(13)4-5-11(10)14/h4-5,7-8,12H,2-3,6H2,1H3,(H,16,17)/t8?,12-/m1/s1. The molecule has 0 bridgehead atoms. The summed E-state index contributed by atoms with van der Waals surface area (Å²) in [6, 6.07) is 3.02. The fraction of sp³-hybridized carbons (Fsp3) is 0.500. The largest absolute Gasteiger partial charge is 0.305 e. The Balaban J connectivity index is 2.31. The highest BCUT2D eigenvalue weighted by Crippen LogP contribution is 2.35. The van der Waals surface area contributed by atoms with E-state index >= 15 is 0 Å². The van der Waals surface area contributed by atoms with Gasteiger partial charge in [0.25, 0.3) is 0 Å². The Labute approximate surface area is 107 Å². The van der Waals surface area contributed by atoms with Crippen molar-refractivity contribution in [2.75, 3.05) is 6.54 Å². The van der Waals surface area contributed by atoms with Crippen molar-refractivity contribution in [3.8, 4) is 0 Å². The maximum Gasteiger partial charge on any atom is 0.170 e. The van der Waals surface area contributed by atoms with Crippen LogP contribution in [-0.2, 0) is 11.1 Å². The van der Waals surface area contributed by atoms with Crippen LogP contribution >= 0.6 is 0 Å². The fourth-order valence-corrected chi connectivity index (χ4v) is 2.93. The van der Waals surface area contributed by atoms with E-state index in [0.717, 1.165) is 18.6 Å². The second-order valence-electron chi connectivity index (χ2n) is 4.44. The summed E-state index contributed by atoms with van der Waals surface area (Å²) < 4.78 is 47.2.